The highest BCUT2D eigenvalue weighted by Gasteiger charge is 2.22. The molecular weight excluding hydrogens is 448 g/mol. The molecule has 0 bridgehead atoms. The zero-order chi connectivity index (χ0) is 24.5. The van der Waals surface area contributed by atoms with Crippen LogP contribution in [0, 0.1) is 5.92 Å². The summed E-state index contributed by atoms with van der Waals surface area (Å²) in [4.78, 5) is 24.3. The van der Waals surface area contributed by atoms with E-state index >= 15 is 0 Å². The SMILES string of the molecule is CC(C)CCNCc1ccccc1-c1ccc(CC(NC(=O)c2ccccc2Cl)C(=O)O)cc1. The molecule has 0 fully saturated rings. The number of carboxylic acids is 1. The van der Waals surface area contributed by atoms with E-state index in [1.165, 1.54) is 5.56 Å². The summed E-state index contributed by atoms with van der Waals surface area (Å²) in [7, 11) is 0. The largest absolute Gasteiger partial charge is 0.480 e. The van der Waals surface area contributed by atoms with Crippen molar-refractivity contribution in [1.82, 2.24) is 10.6 Å². The first-order valence-corrected chi connectivity index (χ1v) is 11.9. The molecule has 0 aliphatic rings. The van der Waals surface area contributed by atoms with E-state index in [0.29, 0.717) is 5.92 Å². The van der Waals surface area contributed by atoms with Crippen molar-refractivity contribution in [2.75, 3.05) is 6.54 Å². The third-order valence-corrected chi connectivity index (χ3v) is 5.99. The van der Waals surface area contributed by atoms with Gasteiger partial charge in [-0.2, -0.15) is 0 Å². The van der Waals surface area contributed by atoms with E-state index in [9.17, 15) is 14.7 Å². The molecule has 0 radical (unpaired) electrons. The predicted octanol–water partition coefficient (Wildman–Crippen LogP) is 5.57. The zero-order valence-corrected chi connectivity index (χ0v) is 20.3. The first-order valence-electron chi connectivity index (χ1n) is 11.5. The third kappa shape index (κ3) is 7.17. The van der Waals surface area contributed by atoms with E-state index < -0.39 is 17.9 Å². The third-order valence-electron chi connectivity index (χ3n) is 5.66. The second-order valence-corrected chi connectivity index (χ2v) is 9.17. The van der Waals surface area contributed by atoms with Gasteiger partial charge in [0.2, 0.25) is 0 Å². The van der Waals surface area contributed by atoms with Crippen molar-refractivity contribution in [3.63, 3.8) is 0 Å². The molecule has 0 saturated heterocycles. The number of carbonyl (C=O) groups excluding carboxylic acids is 1. The van der Waals surface area contributed by atoms with Crippen LogP contribution < -0.4 is 10.6 Å². The molecule has 3 aromatic carbocycles. The Balaban J connectivity index is 1.68. The quantitative estimate of drug-likeness (QED) is 0.315. The molecule has 178 valence electrons. The van der Waals surface area contributed by atoms with Gasteiger partial charge in [-0.1, -0.05) is 86.1 Å². The van der Waals surface area contributed by atoms with Gasteiger partial charge in [0.25, 0.3) is 5.91 Å². The second-order valence-electron chi connectivity index (χ2n) is 8.76. The number of carboxylic acid groups (broad SMARTS) is 1. The molecule has 0 aromatic heterocycles. The maximum atomic E-state index is 12.5. The van der Waals surface area contributed by atoms with Crippen molar-refractivity contribution in [1.29, 1.82) is 0 Å². The molecule has 3 rings (SSSR count). The molecule has 0 aliphatic carbocycles. The monoisotopic (exact) mass is 478 g/mol. The molecule has 0 spiro atoms. The van der Waals surface area contributed by atoms with Crippen LogP contribution in [0.5, 0.6) is 0 Å². The van der Waals surface area contributed by atoms with E-state index in [4.69, 9.17) is 11.6 Å². The molecule has 0 heterocycles. The number of amides is 1. The van der Waals surface area contributed by atoms with Crippen LogP contribution in [-0.4, -0.2) is 29.6 Å². The lowest BCUT2D eigenvalue weighted by molar-refractivity contribution is -0.139. The van der Waals surface area contributed by atoms with E-state index in [2.05, 4.69) is 36.6 Å². The lowest BCUT2D eigenvalue weighted by Crippen LogP contribution is -2.42. The van der Waals surface area contributed by atoms with E-state index in [1.807, 2.05) is 36.4 Å². The van der Waals surface area contributed by atoms with Gasteiger partial charge in [-0.05, 0) is 53.3 Å². The van der Waals surface area contributed by atoms with Crippen LogP contribution in [0.1, 0.15) is 41.8 Å². The average molecular weight is 479 g/mol. The zero-order valence-electron chi connectivity index (χ0n) is 19.6. The molecule has 0 aliphatic heterocycles. The smallest absolute Gasteiger partial charge is 0.326 e. The molecule has 0 saturated carbocycles. The number of hydrogen-bond donors (Lipinski definition) is 3. The Morgan fingerprint density at radius 3 is 2.29 bits per heavy atom. The van der Waals surface area contributed by atoms with Gasteiger partial charge in [0.05, 0.1) is 10.6 Å². The molecule has 3 N–H and O–H groups in total. The molecule has 1 unspecified atom stereocenters. The lowest BCUT2D eigenvalue weighted by atomic mass is 9.97. The van der Waals surface area contributed by atoms with Crippen LogP contribution in [0.2, 0.25) is 5.02 Å². The number of nitrogens with one attached hydrogen (secondary N) is 2. The fourth-order valence-electron chi connectivity index (χ4n) is 3.71. The summed E-state index contributed by atoms with van der Waals surface area (Å²) in [5.74, 6) is -0.935. The predicted molar refractivity (Wildman–Crippen MR) is 137 cm³/mol. The minimum atomic E-state index is -1.10. The molecule has 34 heavy (non-hydrogen) atoms. The molecule has 3 aromatic rings. The van der Waals surface area contributed by atoms with Gasteiger partial charge >= 0.3 is 5.97 Å². The standard InChI is InChI=1S/C28H31ClN2O3/c1-19(2)15-16-30-18-22-7-3-4-8-23(22)21-13-11-20(12-14-21)17-26(28(33)34)31-27(32)24-9-5-6-10-25(24)29/h3-14,19,26,30H,15-18H2,1-2H3,(H,31,32)(H,33,34). The molecule has 1 atom stereocenters. The first kappa shape index (κ1) is 25.5. The highest BCUT2D eigenvalue weighted by atomic mass is 35.5. The van der Waals surface area contributed by atoms with Crippen molar-refractivity contribution in [2.24, 2.45) is 5.92 Å². The van der Waals surface area contributed by atoms with Crippen LogP contribution in [0.15, 0.2) is 72.8 Å². The van der Waals surface area contributed by atoms with Crippen molar-refractivity contribution < 1.29 is 14.7 Å². The number of halogens is 1. The van der Waals surface area contributed by atoms with Gasteiger partial charge in [0.1, 0.15) is 6.04 Å². The van der Waals surface area contributed by atoms with E-state index in [0.717, 1.165) is 36.2 Å². The number of rotatable bonds is 11. The van der Waals surface area contributed by atoms with Crippen molar-refractivity contribution >= 4 is 23.5 Å². The number of hydrogen-bond acceptors (Lipinski definition) is 3. The summed E-state index contributed by atoms with van der Waals surface area (Å²) < 4.78 is 0. The minimum absolute atomic E-state index is 0.171. The van der Waals surface area contributed by atoms with Crippen molar-refractivity contribution in [3.8, 4) is 11.1 Å². The van der Waals surface area contributed by atoms with E-state index in [1.54, 1.807) is 24.3 Å². The lowest BCUT2D eigenvalue weighted by Gasteiger charge is -2.16. The van der Waals surface area contributed by atoms with Crippen LogP contribution in [0.4, 0.5) is 0 Å². The fourth-order valence-corrected chi connectivity index (χ4v) is 3.93. The summed E-state index contributed by atoms with van der Waals surface area (Å²) in [6.07, 6.45) is 1.30. The van der Waals surface area contributed by atoms with Gasteiger partial charge in [0.15, 0.2) is 0 Å². The van der Waals surface area contributed by atoms with Crippen LogP contribution in [-0.2, 0) is 17.8 Å². The van der Waals surface area contributed by atoms with Crippen molar-refractivity contribution in [2.45, 2.75) is 39.3 Å². The molecule has 5 nitrogen and oxygen atoms in total. The van der Waals surface area contributed by atoms with Gasteiger partial charge in [-0.15, -0.1) is 0 Å². The molecular formula is C28H31ClN2O3. The maximum Gasteiger partial charge on any atom is 0.326 e. The fraction of sp³-hybridized carbons (Fsp3) is 0.286. The highest BCUT2D eigenvalue weighted by Crippen LogP contribution is 2.24. The van der Waals surface area contributed by atoms with Gasteiger partial charge < -0.3 is 15.7 Å². The van der Waals surface area contributed by atoms with Crippen LogP contribution in [0.3, 0.4) is 0 Å². The van der Waals surface area contributed by atoms with Gasteiger partial charge in [-0.3, -0.25) is 4.79 Å². The first-order chi connectivity index (χ1) is 16.3. The number of benzene rings is 3. The Hall–Kier alpha value is -3.15. The maximum absolute atomic E-state index is 12.5. The summed E-state index contributed by atoms with van der Waals surface area (Å²) in [6, 6.07) is 21.6. The van der Waals surface area contributed by atoms with Gasteiger partial charge in [-0.25, -0.2) is 4.79 Å². The Morgan fingerprint density at radius 1 is 0.941 bits per heavy atom. The van der Waals surface area contributed by atoms with Crippen molar-refractivity contribution in [3.05, 3.63) is 94.5 Å². The summed E-state index contributed by atoms with van der Waals surface area (Å²) in [5.41, 5.74) is 4.51. The Labute approximate surface area is 206 Å². The normalized spacial score (nSPS) is 11.9. The summed E-state index contributed by atoms with van der Waals surface area (Å²) in [6.45, 7) is 6.20. The van der Waals surface area contributed by atoms with Gasteiger partial charge in [0, 0.05) is 13.0 Å². The Kier molecular flexibility index (Phi) is 9.25. The Morgan fingerprint density at radius 2 is 1.62 bits per heavy atom. The Bertz CT molecular complexity index is 1110. The van der Waals surface area contributed by atoms with E-state index in [-0.39, 0.29) is 17.0 Å². The minimum Gasteiger partial charge on any atom is -0.480 e. The average Bonchev–Trinajstić information content (AvgIpc) is 2.82. The summed E-state index contributed by atoms with van der Waals surface area (Å²) >= 11 is 6.07. The van der Waals surface area contributed by atoms with Crippen LogP contribution in [0.25, 0.3) is 11.1 Å². The molecule has 1 amide bonds. The summed E-state index contributed by atoms with van der Waals surface area (Å²) in [5, 5.41) is 16.0. The van der Waals surface area contributed by atoms with Crippen LogP contribution >= 0.6 is 11.6 Å². The number of aliphatic carboxylic acids is 1. The topological polar surface area (TPSA) is 78.4 Å². The molecule has 6 heteroatoms. The highest BCUT2D eigenvalue weighted by molar-refractivity contribution is 6.33. The second kappa shape index (κ2) is 12.4. The number of carbonyl (C=O) groups is 2.